The number of hydrogen-bond acceptors (Lipinski definition) is 5. The van der Waals surface area contributed by atoms with E-state index in [0.29, 0.717) is 32.0 Å². The molecule has 6 aliphatic rings. The third kappa shape index (κ3) is 5.99. The van der Waals surface area contributed by atoms with Crippen molar-refractivity contribution in [3.63, 3.8) is 0 Å². The highest BCUT2D eigenvalue weighted by Crippen LogP contribution is 2.52. The Kier molecular flexibility index (Phi) is 9.05. The highest BCUT2D eigenvalue weighted by atomic mass is 16.4. The quantitative estimate of drug-likeness (QED) is 0.384. The number of piperidine rings is 1. The molecule has 44 heavy (non-hydrogen) atoms. The number of carboxylic acids is 1. The summed E-state index contributed by atoms with van der Waals surface area (Å²) in [5.74, 6) is -1.00. The van der Waals surface area contributed by atoms with E-state index < -0.39 is 23.5 Å². The van der Waals surface area contributed by atoms with Gasteiger partial charge in [-0.25, -0.2) is 4.79 Å². The van der Waals surface area contributed by atoms with Crippen LogP contribution in [-0.2, 0) is 9.59 Å². The van der Waals surface area contributed by atoms with Gasteiger partial charge in [-0.05, 0) is 74.8 Å². The molecule has 0 bridgehead atoms. The van der Waals surface area contributed by atoms with E-state index >= 15 is 0 Å². The number of likely N-dealkylation sites (tertiary alicyclic amines) is 1. The molecule has 2 N–H and O–H groups in total. The average molecular weight is 592 g/mol. The Balaban J connectivity index is 1.34. The van der Waals surface area contributed by atoms with Crippen LogP contribution in [0.4, 0.5) is 0 Å². The topological polar surface area (TPSA) is 93.4 Å². The first-order valence-corrected chi connectivity index (χ1v) is 15.8. The van der Waals surface area contributed by atoms with Crippen LogP contribution in [0.25, 0.3) is 0 Å². The lowest BCUT2D eigenvalue weighted by Gasteiger charge is -2.45. The van der Waals surface area contributed by atoms with Crippen molar-refractivity contribution in [3.05, 3.63) is 120 Å². The van der Waals surface area contributed by atoms with Gasteiger partial charge in [0.15, 0.2) is 6.10 Å². The predicted octanol–water partition coefficient (Wildman–Crippen LogP) is 5.74. The van der Waals surface area contributed by atoms with Crippen molar-refractivity contribution < 1.29 is 19.8 Å². The van der Waals surface area contributed by atoms with E-state index in [2.05, 4.69) is 60.8 Å². The van der Waals surface area contributed by atoms with E-state index in [9.17, 15) is 19.8 Å². The third-order valence-corrected chi connectivity index (χ3v) is 9.50. The molecule has 4 atom stereocenters. The maximum atomic E-state index is 14.7. The van der Waals surface area contributed by atoms with Crippen LogP contribution >= 0.6 is 0 Å². The van der Waals surface area contributed by atoms with E-state index in [1.165, 1.54) is 5.57 Å². The molecule has 1 amide bonds. The summed E-state index contributed by atoms with van der Waals surface area (Å²) in [6, 6.07) is -0.753. The zero-order valence-corrected chi connectivity index (χ0v) is 25.1. The van der Waals surface area contributed by atoms with E-state index in [1.54, 1.807) is 0 Å². The van der Waals surface area contributed by atoms with Crippen molar-refractivity contribution in [3.8, 4) is 0 Å². The second-order valence-electron chi connectivity index (χ2n) is 12.2. The number of fused-ring (bicyclic) bond motifs is 1. The Bertz CT molecular complexity index is 1510. The van der Waals surface area contributed by atoms with Gasteiger partial charge >= 0.3 is 5.97 Å². The first-order valence-electron chi connectivity index (χ1n) is 15.8. The van der Waals surface area contributed by atoms with Crippen LogP contribution in [0.5, 0.6) is 0 Å². The van der Waals surface area contributed by atoms with E-state index in [0.717, 1.165) is 54.8 Å². The van der Waals surface area contributed by atoms with Gasteiger partial charge in [0.2, 0.25) is 5.91 Å². The van der Waals surface area contributed by atoms with Crippen molar-refractivity contribution in [2.45, 2.75) is 57.1 Å². The second kappa shape index (κ2) is 13.3. The Labute approximate surface area is 259 Å². The number of rotatable bonds is 6. The first kappa shape index (κ1) is 30.0. The van der Waals surface area contributed by atoms with E-state index in [4.69, 9.17) is 4.99 Å². The van der Waals surface area contributed by atoms with Gasteiger partial charge in [0.1, 0.15) is 0 Å². The minimum Gasteiger partial charge on any atom is -0.479 e. The lowest BCUT2D eigenvalue weighted by Crippen LogP contribution is -2.57. The van der Waals surface area contributed by atoms with Crippen LogP contribution in [-0.4, -0.2) is 69.4 Å². The zero-order valence-electron chi connectivity index (χ0n) is 25.1. The maximum Gasteiger partial charge on any atom is 0.334 e. The molecule has 0 radical (unpaired) electrons. The van der Waals surface area contributed by atoms with Gasteiger partial charge in [0.05, 0.1) is 11.1 Å². The normalized spacial score (nSPS) is 30.9. The summed E-state index contributed by atoms with van der Waals surface area (Å²) in [6.45, 7) is 1.54. The largest absolute Gasteiger partial charge is 0.479 e. The number of amides is 1. The highest BCUT2D eigenvalue weighted by Gasteiger charge is 2.56. The molecule has 7 heteroatoms. The summed E-state index contributed by atoms with van der Waals surface area (Å²) in [6.07, 6.45) is 36.9. The molecule has 1 saturated heterocycles. The summed E-state index contributed by atoms with van der Waals surface area (Å²) < 4.78 is 0. The van der Waals surface area contributed by atoms with E-state index in [-0.39, 0.29) is 12.3 Å². The van der Waals surface area contributed by atoms with Crippen molar-refractivity contribution in [1.29, 1.82) is 0 Å². The van der Waals surface area contributed by atoms with Crippen molar-refractivity contribution in [2.75, 3.05) is 19.6 Å². The lowest BCUT2D eigenvalue weighted by atomic mass is 9.69. The maximum absolute atomic E-state index is 14.7. The molecule has 1 fully saturated rings. The number of aliphatic hydroxyl groups excluding tert-OH is 1. The van der Waals surface area contributed by atoms with Crippen molar-refractivity contribution in [2.24, 2.45) is 16.3 Å². The molecule has 1 spiro atoms. The first-order chi connectivity index (χ1) is 21.5. The summed E-state index contributed by atoms with van der Waals surface area (Å²) in [4.78, 5) is 35.5. The number of aliphatic imine (C=N–C) groups is 1. The summed E-state index contributed by atoms with van der Waals surface area (Å²) in [5.41, 5.74) is 3.77. The number of aliphatic hydroxyl groups is 1. The Morgan fingerprint density at radius 3 is 2.75 bits per heavy atom. The van der Waals surface area contributed by atoms with Gasteiger partial charge in [-0.2, -0.15) is 0 Å². The monoisotopic (exact) mass is 591 g/mol. The summed E-state index contributed by atoms with van der Waals surface area (Å²) >= 11 is 0. The molecule has 4 unspecified atom stereocenters. The summed E-state index contributed by atoms with van der Waals surface area (Å²) in [7, 11) is 0. The standard InChI is InChI=1S/C37H41N3O4/c41-34(35(42)43)33-25-37(22-24-39(33)26-29-16-8-3-4-11-23-38-29)31-18-9-5-10-19-32(31)40(36(37)44)30-17-12-15-28(20-21-30)27-13-6-1-2-7-14-27/h1,3-4,6-10,12,14,16-21,27,33-34,41H,2,5,11,13,15,22-26H2,(H,42,43)/b4-3-,16-8-,38-29?. The number of carboxylic acid groups (broad SMARTS) is 1. The molecule has 3 heterocycles. The summed E-state index contributed by atoms with van der Waals surface area (Å²) in [5, 5.41) is 21.0. The molecule has 3 aliphatic heterocycles. The molecule has 7 nitrogen and oxygen atoms in total. The smallest absolute Gasteiger partial charge is 0.334 e. The van der Waals surface area contributed by atoms with Crippen LogP contribution in [0.1, 0.15) is 44.9 Å². The van der Waals surface area contributed by atoms with Gasteiger partial charge in [0.25, 0.3) is 0 Å². The Morgan fingerprint density at radius 1 is 1.00 bits per heavy atom. The average Bonchev–Trinajstić information content (AvgIpc) is 3.44. The molecule has 3 aliphatic carbocycles. The lowest BCUT2D eigenvalue weighted by molar-refractivity contribution is -0.154. The molecule has 0 aromatic carbocycles. The SMILES string of the molecule is O=C(O)C(O)C1CC2(CCN1CC1=NCC/C=C\C=C/1)C(=O)N(C1=CC=C(C3C=CCC=CC3)CC=C1)C1=C2C=CCC=C1. The molecule has 0 aromatic heterocycles. The molecule has 6 rings (SSSR count). The van der Waals surface area contributed by atoms with Gasteiger partial charge in [0, 0.05) is 43.0 Å². The Hall–Kier alpha value is -4.07. The third-order valence-electron chi connectivity index (χ3n) is 9.50. The Morgan fingerprint density at radius 2 is 1.86 bits per heavy atom. The highest BCUT2D eigenvalue weighted by molar-refractivity contribution is 5.97. The van der Waals surface area contributed by atoms with Crippen LogP contribution in [0, 0.1) is 11.3 Å². The van der Waals surface area contributed by atoms with Gasteiger partial charge in [-0.15, -0.1) is 0 Å². The van der Waals surface area contributed by atoms with Gasteiger partial charge in [-0.1, -0.05) is 78.5 Å². The number of carbonyl (C=O) groups excluding carboxylic acids is 1. The minimum atomic E-state index is -1.63. The minimum absolute atomic E-state index is 0.0562. The van der Waals surface area contributed by atoms with Gasteiger partial charge < -0.3 is 10.2 Å². The fraction of sp³-hybridized carbons (Fsp3) is 0.378. The fourth-order valence-electron chi connectivity index (χ4n) is 7.17. The van der Waals surface area contributed by atoms with Crippen molar-refractivity contribution >= 4 is 17.6 Å². The molecule has 228 valence electrons. The van der Waals surface area contributed by atoms with Gasteiger partial charge in [-0.3, -0.25) is 19.6 Å². The van der Waals surface area contributed by atoms with E-state index in [1.807, 2.05) is 46.3 Å². The molecule has 0 saturated carbocycles. The number of carbonyl (C=O) groups is 2. The predicted molar refractivity (Wildman–Crippen MR) is 174 cm³/mol. The number of aliphatic carboxylic acids is 1. The molecule has 0 aromatic rings. The van der Waals surface area contributed by atoms with Crippen LogP contribution < -0.4 is 0 Å². The zero-order chi connectivity index (χ0) is 30.5. The van der Waals surface area contributed by atoms with Crippen molar-refractivity contribution in [1.82, 2.24) is 9.80 Å². The molecular weight excluding hydrogens is 550 g/mol. The number of nitrogens with zero attached hydrogens (tertiary/aromatic N) is 3. The molecular formula is C37H41N3O4. The van der Waals surface area contributed by atoms with Crippen LogP contribution in [0.2, 0.25) is 0 Å². The van der Waals surface area contributed by atoms with Crippen LogP contribution in [0.3, 0.4) is 0 Å². The number of allylic oxidation sites excluding steroid dienone is 15. The second-order valence-corrected chi connectivity index (χ2v) is 12.2. The fourth-order valence-corrected chi connectivity index (χ4v) is 7.17. The van der Waals surface area contributed by atoms with Crippen LogP contribution in [0.15, 0.2) is 125 Å². The number of hydrogen-bond donors (Lipinski definition) is 2.